The summed E-state index contributed by atoms with van der Waals surface area (Å²) >= 11 is 3.83. The Morgan fingerprint density at radius 3 is 2.05 bits per heavy atom. The van der Waals surface area contributed by atoms with Gasteiger partial charge in [0.1, 0.15) is 25.8 Å². The van der Waals surface area contributed by atoms with Crippen LogP contribution in [-0.2, 0) is 28.1 Å². The molecule has 0 aliphatic carbocycles. The van der Waals surface area contributed by atoms with Gasteiger partial charge >= 0.3 is 0 Å². The second kappa shape index (κ2) is 14.3. The highest BCUT2D eigenvalue weighted by Crippen LogP contribution is 2.51. The van der Waals surface area contributed by atoms with Crippen LogP contribution in [0.4, 0.5) is 0 Å². The second-order valence-corrected chi connectivity index (χ2v) is 18.3. The molecule has 2 fully saturated rings. The van der Waals surface area contributed by atoms with E-state index in [1.807, 2.05) is 23.5 Å². The maximum Gasteiger partial charge on any atom is 0.261 e. The molecule has 0 bridgehead atoms. The third-order valence-corrected chi connectivity index (χ3v) is 15.6. The first-order chi connectivity index (χ1) is 18.9. The van der Waals surface area contributed by atoms with Gasteiger partial charge in [0, 0.05) is 14.2 Å². The fourth-order valence-electron chi connectivity index (χ4n) is 5.60. The van der Waals surface area contributed by atoms with Crippen LogP contribution >= 0.6 is 23.5 Å². The molecular formula is C30H44O6S2Si. The Morgan fingerprint density at radius 2 is 1.51 bits per heavy atom. The van der Waals surface area contributed by atoms with Crippen LogP contribution in [0.15, 0.2) is 60.7 Å². The lowest BCUT2D eigenvalue weighted by atomic mass is 10.0. The first-order valence-corrected chi connectivity index (χ1v) is 17.6. The summed E-state index contributed by atoms with van der Waals surface area (Å²) in [5, 5.41) is 2.33. The third-order valence-electron chi connectivity index (χ3n) is 7.40. The smallest absolute Gasteiger partial charge is 0.261 e. The largest absolute Gasteiger partial charge is 0.405 e. The number of ether oxygens (including phenoxy) is 5. The van der Waals surface area contributed by atoms with Gasteiger partial charge in [0.15, 0.2) is 4.27 Å². The van der Waals surface area contributed by atoms with Gasteiger partial charge in [0.2, 0.25) is 0 Å². The van der Waals surface area contributed by atoms with Crippen molar-refractivity contribution in [1.82, 2.24) is 0 Å². The molecule has 6 nitrogen and oxygen atoms in total. The summed E-state index contributed by atoms with van der Waals surface area (Å²) in [6.07, 6.45) is 2.15. The van der Waals surface area contributed by atoms with Gasteiger partial charge < -0.3 is 28.1 Å². The van der Waals surface area contributed by atoms with Gasteiger partial charge in [0.25, 0.3) is 8.32 Å². The Labute approximate surface area is 243 Å². The SMILES string of the molecule is COCO[C@H]1CCC2(O[C@H]1[C@@H](CO[Si](c1ccccc1)(c1ccccc1)C(C)(C)C)OCOC)SCCCS2. The zero-order valence-corrected chi connectivity index (χ0v) is 26.6. The lowest BCUT2D eigenvalue weighted by Gasteiger charge is -2.48. The van der Waals surface area contributed by atoms with Gasteiger partial charge in [-0.25, -0.2) is 0 Å². The fraction of sp³-hybridized carbons (Fsp3) is 0.600. The quantitative estimate of drug-likeness (QED) is 0.245. The van der Waals surface area contributed by atoms with Crippen molar-refractivity contribution in [2.45, 2.75) is 67.6 Å². The molecule has 4 rings (SSSR count). The van der Waals surface area contributed by atoms with Gasteiger partial charge in [-0.05, 0) is 46.2 Å². The van der Waals surface area contributed by atoms with Crippen LogP contribution < -0.4 is 10.4 Å². The van der Waals surface area contributed by atoms with Gasteiger partial charge in [-0.1, -0.05) is 81.4 Å². The molecule has 0 N–H and O–H groups in total. The summed E-state index contributed by atoms with van der Waals surface area (Å²) in [7, 11) is 0.536. The molecule has 0 saturated carbocycles. The minimum absolute atomic E-state index is 0.142. The van der Waals surface area contributed by atoms with E-state index < -0.39 is 8.32 Å². The van der Waals surface area contributed by atoms with Gasteiger partial charge in [0.05, 0.1) is 12.7 Å². The van der Waals surface area contributed by atoms with Crippen molar-refractivity contribution >= 4 is 42.2 Å². The Balaban J connectivity index is 1.70. The molecule has 0 aromatic heterocycles. The molecule has 9 heteroatoms. The van der Waals surface area contributed by atoms with Crippen LogP contribution in [0.2, 0.25) is 5.04 Å². The van der Waals surface area contributed by atoms with Crippen molar-refractivity contribution in [1.29, 1.82) is 0 Å². The van der Waals surface area contributed by atoms with E-state index in [1.165, 1.54) is 16.8 Å². The molecule has 0 unspecified atom stereocenters. The van der Waals surface area contributed by atoms with Gasteiger partial charge in [-0.15, -0.1) is 23.5 Å². The average Bonchev–Trinajstić information content (AvgIpc) is 2.95. The van der Waals surface area contributed by atoms with E-state index in [9.17, 15) is 0 Å². The van der Waals surface area contributed by atoms with Crippen LogP contribution in [0.25, 0.3) is 0 Å². The molecule has 2 aromatic carbocycles. The number of thioether (sulfide) groups is 2. The lowest BCUT2D eigenvalue weighted by Crippen LogP contribution is -2.67. The first kappa shape index (κ1) is 31.1. The number of methoxy groups -OCH3 is 2. The van der Waals surface area contributed by atoms with Crippen molar-refractivity contribution < 1.29 is 28.1 Å². The monoisotopic (exact) mass is 592 g/mol. The van der Waals surface area contributed by atoms with E-state index in [1.54, 1.807) is 14.2 Å². The standard InChI is InChI=1S/C30H44O6S2Si/c1-29(2,3)39(24-13-8-6-9-14-24,25-15-10-7-11-16-25)35-21-27(34-23-32-5)28-26(33-22-31-4)17-18-30(36-28)37-19-12-20-38-30/h6-11,13-16,26-28H,12,17-23H2,1-5H3/t26-,27+,28+/m0/s1. The zero-order chi connectivity index (χ0) is 27.8. The van der Waals surface area contributed by atoms with Crippen LogP contribution in [-0.4, -0.2) is 76.8 Å². The summed E-state index contributed by atoms with van der Waals surface area (Å²) in [4.78, 5) is 0. The van der Waals surface area contributed by atoms with Crippen molar-refractivity contribution in [3.05, 3.63) is 60.7 Å². The van der Waals surface area contributed by atoms with Crippen molar-refractivity contribution in [3.63, 3.8) is 0 Å². The minimum atomic E-state index is -2.76. The predicted octanol–water partition coefficient (Wildman–Crippen LogP) is 5.24. The number of benzene rings is 2. The summed E-state index contributed by atoms with van der Waals surface area (Å²) in [5.74, 6) is 2.21. The molecule has 2 aliphatic heterocycles. The zero-order valence-electron chi connectivity index (χ0n) is 23.9. The van der Waals surface area contributed by atoms with Crippen LogP contribution in [0.5, 0.6) is 0 Å². The Hall–Kier alpha value is -0.883. The first-order valence-electron chi connectivity index (χ1n) is 13.8. The summed E-state index contributed by atoms with van der Waals surface area (Å²) in [6.45, 7) is 7.59. The molecule has 0 amide bonds. The maximum atomic E-state index is 7.29. The van der Waals surface area contributed by atoms with Crippen LogP contribution in [0, 0.1) is 0 Å². The van der Waals surface area contributed by atoms with E-state index >= 15 is 0 Å². The Bertz CT molecular complexity index is 944. The van der Waals surface area contributed by atoms with Gasteiger partial charge in [-0.3, -0.25) is 0 Å². The van der Waals surface area contributed by atoms with E-state index in [4.69, 9.17) is 28.1 Å². The summed E-state index contributed by atoms with van der Waals surface area (Å²) in [5.41, 5.74) is 0. The predicted molar refractivity (Wildman–Crippen MR) is 163 cm³/mol. The average molecular weight is 593 g/mol. The second-order valence-electron chi connectivity index (χ2n) is 11.1. The van der Waals surface area contributed by atoms with E-state index in [-0.39, 0.29) is 41.2 Å². The summed E-state index contributed by atoms with van der Waals surface area (Å²) < 4.78 is 37.2. The number of rotatable bonds is 12. The molecule has 3 atom stereocenters. The van der Waals surface area contributed by atoms with E-state index in [2.05, 4.69) is 81.4 Å². The fourth-order valence-corrected chi connectivity index (χ4v) is 13.3. The molecule has 2 saturated heterocycles. The molecule has 2 aromatic rings. The molecule has 39 heavy (non-hydrogen) atoms. The molecular weight excluding hydrogens is 549 g/mol. The molecule has 2 heterocycles. The summed E-state index contributed by atoms with van der Waals surface area (Å²) in [6, 6.07) is 21.4. The van der Waals surface area contributed by atoms with Crippen molar-refractivity contribution in [3.8, 4) is 0 Å². The molecule has 2 aliphatic rings. The van der Waals surface area contributed by atoms with Crippen molar-refractivity contribution in [2.75, 3.05) is 45.9 Å². The highest BCUT2D eigenvalue weighted by Gasteiger charge is 2.52. The molecule has 0 radical (unpaired) electrons. The molecule has 1 spiro atoms. The third kappa shape index (κ3) is 7.31. The van der Waals surface area contributed by atoms with Crippen molar-refractivity contribution in [2.24, 2.45) is 0 Å². The lowest BCUT2D eigenvalue weighted by molar-refractivity contribution is -0.217. The Kier molecular flexibility index (Phi) is 11.4. The maximum absolute atomic E-state index is 7.29. The van der Waals surface area contributed by atoms with Crippen LogP contribution in [0.1, 0.15) is 40.0 Å². The highest BCUT2D eigenvalue weighted by atomic mass is 32.2. The van der Waals surface area contributed by atoms with Gasteiger partial charge in [-0.2, -0.15) is 0 Å². The van der Waals surface area contributed by atoms with Crippen LogP contribution in [0.3, 0.4) is 0 Å². The minimum Gasteiger partial charge on any atom is -0.405 e. The number of hydrogen-bond acceptors (Lipinski definition) is 8. The topological polar surface area (TPSA) is 55.4 Å². The normalized spacial score (nSPS) is 22.6. The Morgan fingerprint density at radius 1 is 0.923 bits per heavy atom. The van der Waals surface area contributed by atoms with E-state index in [0.717, 1.165) is 24.3 Å². The number of hydrogen-bond donors (Lipinski definition) is 0. The highest BCUT2D eigenvalue weighted by molar-refractivity contribution is 8.18. The molecule has 216 valence electrons. The van der Waals surface area contributed by atoms with E-state index in [0.29, 0.717) is 6.61 Å².